The third-order valence-corrected chi connectivity index (χ3v) is 7.58. The number of halogens is 1. The second kappa shape index (κ2) is 9.41. The van der Waals surface area contributed by atoms with Gasteiger partial charge in [-0.25, -0.2) is 0 Å². The fraction of sp³-hybridized carbons (Fsp3) is 0.286. The third kappa shape index (κ3) is 4.22. The van der Waals surface area contributed by atoms with Gasteiger partial charge in [-0.05, 0) is 94.0 Å². The van der Waals surface area contributed by atoms with Gasteiger partial charge in [0.1, 0.15) is 17.4 Å². The molecule has 0 aromatic heterocycles. The van der Waals surface area contributed by atoms with E-state index in [4.69, 9.17) is 21.7 Å². The van der Waals surface area contributed by atoms with Gasteiger partial charge in [-0.2, -0.15) is 0 Å². The largest absolute Gasteiger partial charge is 0.494 e. The van der Waals surface area contributed by atoms with Crippen LogP contribution in [0.25, 0.3) is 0 Å². The molecule has 2 bridgehead atoms. The molecule has 0 radical (unpaired) electrons. The minimum atomic E-state index is -1.08. The number of anilines is 2. The summed E-state index contributed by atoms with van der Waals surface area (Å²) in [5.41, 5.74) is 3.54. The van der Waals surface area contributed by atoms with E-state index < -0.39 is 11.6 Å². The number of ether oxygens (including phenoxy) is 2. The van der Waals surface area contributed by atoms with E-state index >= 15 is 0 Å². The Morgan fingerprint density at radius 1 is 1.17 bits per heavy atom. The predicted octanol–water partition coefficient (Wildman–Crippen LogP) is 6.26. The van der Waals surface area contributed by atoms with Crippen molar-refractivity contribution in [1.82, 2.24) is 5.32 Å². The Bertz CT molecular complexity index is 1350. The Morgan fingerprint density at radius 2 is 1.92 bits per heavy atom. The van der Waals surface area contributed by atoms with Crippen molar-refractivity contribution in [1.29, 1.82) is 0 Å². The summed E-state index contributed by atoms with van der Waals surface area (Å²) in [4.78, 5) is 15.9. The first kappa shape index (κ1) is 24.6. The van der Waals surface area contributed by atoms with Gasteiger partial charge in [0.15, 0.2) is 10.8 Å². The number of carbonyl (C=O) groups is 1. The number of nitrogens with zero attached hydrogens (tertiary/aromatic N) is 1. The highest BCUT2D eigenvalue weighted by Crippen LogP contribution is 2.50. The summed E-state index contributed by atoms with van der Waals surface area (Å²) in [6.45, 7) is 8.49. The van der Waals surface area contributed by atoms with Crippen molar-refractivity contribution in [2.24, 2.45) is 5.92 Å². The Morgan fingerprint density at radius 3 is 2.61 bits per heavy atom. The Hall–Kier alpha value is -3.10. The molecule has 0 saturated carbocycles. The molecule has 186 valence electrons. The van der Waals surface area contributed by atoms with Crippen LogP contribution in [0.5, 0.6) is 11.5 Å². The van der Waals surface area contributed by atoms with Crippen LogP contribution in [0.3, 0.4) is 0 Å². The lowest BCUT2D eigenvalue weighted by atomic mass is 9.78. The fourth-order valence-corrected chi connectivity index (χ4v) is 5.96. The zero-order chi connectivity index (χ0) is 25.6. The molecule has 2 heterocycles. The smallest absolute Gasteiger partial charge is 0.236 e. The summed E-state index contributed by atoms with van der Waals surface area (Å²) in [5.74, 6) is 0.723. The number of nitrogens with one attached hydrogen (secondary N) is 2. The van der Waals surface area contributed by atoms with E-state index in [1.54, 1.807) is 0 Å². The summed E-state index contributed by atoms with van der Waals surface area (Å²) in [7, 11) is 0. The van der Waals surface area contributed by atoms with Crippen molar-refractivity contribution in [3.05, 3.63) is 81.8 Å². The van der Waals surface area contributed by atoms with Crippen molar-refractivity contribution in [2.45, 2.75) is 39.5 Å². The number of amides is 1. The Labute approximate surface area is 225 Å². The number of hydrogen-bond acceptors (Lipinski definition) is 4. The number of carbonyl (C=O) groups excluding carboxylic acids is 1. The summed E-state index contributed by atoms with van der Waals surface area (Å²) in [6, 6.07) is 19.1. The fourth-order valence-electron chi connectivity index (χ4n) is 5.17. The van der Waals surface area contributed by atoms with Gasteiger partial charge in [0, 0.05) is 21.4 Å². The molecule has 0 unspecified atom stereocenters. The maximum atomic E-state index is 14.0. The van der Waals surface area contributed by atoms with Crippen LogP contribution in [0, 0.1) is 19.8 Å². The van der Waals surface area contributed by atoms with Crippen LogP contribution in [-0.2, 0) is 4.79 Å². The number of rotatable bonds is 5. The molecule has 36 heavy (non-hydrogen) atoms. The Balaban J connectivity index is 1.59. The first-order valence-corrected chi connectivity index (χ1v) is 13.1. The van der Waals surface area contributed by atoms with Crippen LogP contribution >= 0.6 is 28.1 Å². The van der Waals surface area contributed by atoms with Gasteiger partial charge in [0.25, 0.3) is 0 Å². The molecular weight excluding hydrogens is 538 g/mol. The molecule has 1 amide bonds. The van der Waals surface area contributed by atoms with E-state index in [1.807, 2.05) is 87.2 Å². The Kier molecular flexibility index (Phi) is 6.43. The zero-order valence-corrected chi connectivity index (χ0v) is 23.0. The number of fused-ring (bicyclic) bond motifs is 4. The van der Waals surface area contributed by atoms with E-state index in [1.165, 1.54) is 0 Å². The molecule has 1 fully saturated rings. The maximum Gasteiger partial charge on any atom is 0.236 e. The normalized spacial score (nSPS) is 22.2. The highest BCUT2D eigenvalue weighted by atomic mass is 79.9. The average Bonchev–Trinajstić information content (AvgIpc) is 2.82. The molecule has 0 spiro atoms. The molecule has 3 atom stereocenters. The molecule has 6 nitrogen and oxygen atoms in total. The van der Waals surface area contributed by atoms with Gasteiger partial charge in [-0.3, -0.25) is 9.69 Å². The summed E-state index contributed by atoms with van der Waals surface area (Å²) >= 11 is 9.41. The first-order chi connectivity index (χ1) is 17.2. The lowest BCUT2D eigenvalue weighted by molar-refractivity contribution is -0.130. The van der Waals surface area contributed by atoms with Crippen LogP contribution in [0.4, 0.5) is 11.4 Å². The summed E-state index contributed by atoms with van der Waals surface area (Å²) < 4.78 is 13.2. The molecular formula is C28H28BrN3O3S. The second-order valence-electron chi connectivity index (χ2n) is 9.31. The molecule has 5 rings (SSSR count). The van der Waals surface area contributed by atoms with Crippen molar-refractivity contribution >= 4 is 50.5 Å². The highest BCUT2D eigenvalue weighted by Gasteiger charge is 2.59. The number of benzene rings is 3. The molecule has 2 aliphatic heterocycles. The number of hydrogen-bond donors (Lipinski definition) is 2. The van der Waals surface area contributed by atoms with Crippen molar-refractivity contribution in [3.8, 4) is 11.5 Å². The minimum absolute atomic E-state index is 0.147. The number of aryl methyl sites for hydroxylation is 2. The van der Waals surface area contributed by atoms with E-state index in [0.29, 0.717) is 17.5 Å². The molecule has 3 aromatic carbocycles. The second-order valence-corrected chi connectivity index (χ2v) is 10.6. The van der Waals surface area contributed by atoms with Crippen LogP contribution in [0.2, 0.25) is 0 Å². The third-order valence-electron chi connectivity index (χ3n) is 6.79. The van der Waals surface area contributed by atoms with E-state index in [-0.39, 0.29) is 11.9 Å². The van der Waals surface area contributed by atoms with Gasteiger partial charge in [0.2, 0.25) is 5.91 Å². The highest BCUT2D eigenvalue weighted by molar-refractivity contribution is 9.10. The van der Waals surface area contributed by atoms with Crippen LogP contribution in [0.15, 0.2) is 65.1 Å². The standard InChI is InChI=1S/C28H28BrN3O3S/c1-5-34-20-10-8-19(9-11-20)32-27(36)31-25-21-15-18(29)7-13-23(21)35-28(32,4)24(25)26(33)30-22-12-6-16(2)14-17(22)3/h6-15,24-25H,5H2,1-4H3,(H,30,33)(H,31,36)/t24-,25+,28+/m1/s1. The zero-order valence-electron chi connectivity index (χ0n) is 20.6. The summed E-state index contributed by atoms with van der Waals surface area (Å²) in [5, 5.41) is 7.10. The quantitative estimate of drug-likeness (QED) is 0.356. The van der Waals surface area contributed by atoms with Crippen LogP contribution in [0.1, 0.15) is 36.6 Å². The SMILES string of the molecule is CCOc1ccc(N2C(=S)N[C@H]3c4cc(Br)ccc4O[C@@]2(C)[C@H]3C(=O)Nc2ccc(C)cc2C)cc1. The van der Waals surface area contributed by atoms with Gasteiger partial charge in [-0.1, -0.05) is 33.6 Å². The number of thiocarbonyl (C=S) groups is 1. The molecule has 1 saturated heterocycles. The predicted molar refractivity (Wildman–Crippen MR) is 150 cm³/mol. The lowest BCUT2D eigenvalue weighted by Gasteiger charge is -2.56. The molecule has 2 aliphatic rings. The topological polar surface area (TPSA) is 62.8 Å². The van der Waals surface area contributed by atoms with E-state index in [0.717, 1.165) is 38.3 Å². The monoisotopic (exact) mass is 565 g/mol. The molecule has 8 heteroatoms. The van der Waals surface area contributed by atoms with E-state index in [2.05, 4.69) is 32.6 Å². The van der Waals surface area contributed by atoms with Crippen molar-refractivity contribution in [3.63, 3.8) is 0 Å². The molecule has 0 aliphatic carbocycles. The van der Waals surface area contributed by atoms with E-state index in [9.17, 15) is 4.79 Å². The minimum Gasteiger partial charge on any atom is -0.494 e. The first-order valence-electron chi connectivity index (χ1n) is 11.9. The summed E-state index contributed by atoms with van der Waals surface area (Å²) in [6.07, 6.45) is 0. The molecule has 3 aromatic rings. The van der Waals surface area contributed by atoms with Crippen LogP contribution < -0.4 is 25.0 Å². The maximum absolute atomic E-state index is 14.0. The lowest BCUT2D eigenvalue weighted by Crippen LogP contribution is -2.72. The average molecular weight is 567 g/mol. The van der Waals surface area contributed by atoms with Crippen molar-refractivity contribution < 1.29 is 14.3 Å². The van der Waals surface area contributed by atoms with Crippen molar-refractivity contribution in [2.75, 3.05) is 16.8 Å². The van der Waals surface area contributed by atoms with Crippen LogP contribution in [-0.4, -0.2) is 23.4 Å². The van der Waals surface area contributed by atoms with Gasteiger partial charge in [0.05, 0.1) is 12.6 Å². The van der Waals surface area contributed by atoms with Gasteiger partial charge < -0.3 is 20.1 Å². The van der Waals surface area contributed by atoms with Gasteiger partial charge >= 0.3 is 0 Å². The van der Waals surface area contributed by atoms with Gasteiger partial charge in [-0.15, -0.1) is 0 Å². The molecule has 2 N–H and O–H groups in total.